The molecule has 0 radical (unpaired) electrons. The highest BCUT2D eigenvalue weighted by Crippen LogP contribution is 2.20. The third-order valence-electron chi connectivity index (χ3n) is 2.83. The smallest absolute Gasteiger partial charge is 0.130 e. The van der Waals surface area contributed by atoms with Crippen molar-refractivity contribution in [3.8, 4) is 0 Å². The van der Waals surface area contributed by atoms with Gasteiger partial charge in [0.2, 0.25) is 0 Å². The fourth-order valence-corrected chi connectivity index (χ4v) is 1.83. The first-order chi connectivity index (χ1) is 7.09. The van der Waals surface area contributed by atoms with Gasteiger partial charge in [0.05, 0.1) is 0 Å². The number of benzene rings is 1. The average Bonchev–Trinajstić information content (AvgIpc) is 2.17. The Hall–Kier alpha value is -1.11. The zero-order valence-corrected chi connectivity index (χ0v) is 9.86. The summed E-state index contributed by atoms with van der Waals surface area (Å²) in [7, 11) is 0. The molecule has 1 aromatic rings. The van der Waals surface area contributed by atoms with E-state index < -0.39 is 0 Å². The van der Waals surface area contributed by atoms with Gasteiger partial charge in [-0.05, 0) is 30.7 Å². The Bertz CT molecular complexity index is 300. The summed E-state index contributed by atoms with van der Waals surface area (Å²) in [5.41, 5.74) is 1.33. The summed E-state index contributed by atoms with van der Waals surface area (Å²) in [5.74, 6) is 1.34. The minimum atomic E-state index is 0.296. The fraction of sp³-hybridized carbons (Fsp3) is 0.500. The Morgan fingerprint density at radius 1 is 1.20 bits per heavy atom. The van der Waals surface area contributed by atoms with E-state index >= 15 is 0 Å². The standard InChI is InChI=1S/C14H20O/c1-11(2)14(9-12(3)15)10-13-7-5-4-6-8-13/h4-8,11,14H,9-10H2,1-3H3. The molecule has 15 heavy (non-hydrogen) atoms. The first kappa shape index (κ1) is 12.0. The van der Waals surface area contributed by atoms with Crippen LogP contribution >= 0.6 is 0 Å². The number of carbonyl (C=O) groups is 1. The molecule has 0 saturated heterocycles. The van der Waals surface area contributed by atoms with E-state index in [1.165, 1.54) is 5.56 Å². The first-order valence-electron chi connectivity index (χ1n) is 5.63. The van der Waals surface area contributed by atoms with Gasteiger partial charge in [-0.2, -0.15) is 0 Å². The van der Waals surface area contributed by atoms with E-state index in [-0.39, 0.29) is 0 Å². The molecular formula is C14H20O. The van der Waals surface area contributed by atoms with Crippen LogP contribution in [-0.4, -0.2) is 5.78 Å². The van der Waals surface area contributed by atoms with Gasteiger partial charge in [0.25, 0.3) is 0 Å². The maximum atomic E-state index is 11.1. The Kier molecular flexibility index (Phi) is 4.54. The van der Waals surface area contributed by atoms with E-state index in [0.717, 1.165) is 6.42 Å². The Labute approximate surface area is 92.5 Å². The molecule has 0 aliphatic heterocycles. The maximum Gasteiger partial charge on any atom is 0.130 e. The second kappa shape index (κ2) is 5.69. The first-order valence-corrected chi connectivity index (χ1v) is 5.63. The summed E-state index contributed by atoms with van der Waals surface area (Å²) in [4.78, 5) is 11.1. The Morgan fingerprint density at radius 3 is 2.27 bits per heavy atom. The summed E-state index contributed by atoms with van der Waals surface area (Å²) < 4.78 is 0. The molecule has 0 fully saturated rings. The zero-order chi connectivity index (χ0) is 11.3. The van der Waals surface area contributed by atoms with Crippen molar-refractivity contribution >= 4 is 5.78 Å². The van der Waals surface area contributed by atoms with E-state index in [4.69, 9.17) is 0 Å². The van der Waals surface area contributed by atoms with Crippen molar-refractivity contribution in [1.29, 1.82) is 0 Å². The molecule has 0 spiro atoms. The van der Waals surface area contributed by atoms with Gasteiger partial charge in [0, 0.05) is 6.42 Å². The molecule has 1 aromatic carbocycles. The van der Waals surface area contributed by atoms with Gasteiger partial charge in [-0.25, -0.2) is 0 Å². The third kappa shape index (κ3) is 4.28. The molecule has 0 bridgehead atoms. The lowest BCUT2D eigenvalue weighted by Gasteiger charge is -2.19. The van der Waals surface area contributed by atoms with Gasteiger partial charge in [0.1, 0.15) is 5.78 Å². The maximum absolute atomic E-state index is 11.1. The van der Waals surface area contributed by atoms with Crippen LogP contribution in [0.4, 0.5) is 0 Å². The van der Waals surface area contributed by atoms with Crippen LogP contribution < -0.4 is 0 Å². The molecule has 82 valence electrons. The summed E-state index contributed by atoms with van der Waals surface area (Å²) >= 11 is 0. The van der Waals surface area contributed by atoms with Crippen LogP contribution in [0.25, 0.3) is 0 Å². The summed E-state index contributed by atoms with van der Waals surface area (Å²) in [6.45, 7) is 6.06. The summed E-state index contributed by atoms with van der Waals surface area (Å²) in [6.07, 6.45) is 1.71. The van der Waals surface area contributed by atoms with Crippen molar-refractivity contribution < 1.29 is 4.79 Å². The van der Waals surface area contributed by atoms with Crippen LogP contribution in [-0.2, 0) is 11.2 Å². The molecule has 0 aliphatic rings. The highest BCUT2D eigenvalue weighted by atomic mass is 16.1. The Balaban J connectivity index is 2.63. The van der Waals surface area contributed by atoms with Crippen LogP contribution in [0.5, 0.6) is 0 Å². The van der Waals surface area contributed by atoms with Crippen LogP contribution in [0.15, 0.2) is 30.3 Å². The molecule has 1 nitrogen and oxygen atoms in total. The molecule has 1 heteroatoms. The van der Waals surface area contributed by atoms with Crippen LogP contribution in [0.2, 0.25) is 0 Å². The normalized spacial score (nSPS) is 12.8. The van der Waals surface area contributed by atoms with Crippen molar-refractivity contribution in [3.63, 3.8) is 0 Å². The van der Waals surface area contributed by atoms with Crippen molar-refractivity contribution in [3.05, 3.63) is 35.9 Å². The molecule has 1 atom stereocenters. The molecule has 1 rings (SSSR count). The summed E-state index contributed by atoms with van der Waals surface area (Å²) in [6, 6.07) is 10.4. The fourth-order valence-electron chi connectivity index (χ4n) is 1.83. The molecule has 0 amide bonds. The quantitative estimate of drug-likeness (QED) is 0.717. The second-order valence-corrected chi connectivity index (χ2v) is 4.60. The lowest BCUT2D eigenvalue weighted by Crippen LogP contribution is -2.15. The van der Waals surface area contributed by atoms with E-state index in [1.807, 2.05) is 6.07 Å². The number of ketones is 1. The predicted molar refractivity (Wildman–Crippen MR) is 63.8 cm³/mol. The average molecular weight is 204 g/mol. The largest absolute Gasteiger partial charge is 0.300 e. The van der Waals surface area contributed by atoms with Crippen molar-refractivity contribution in [2.75, 3.05) is 0 Å². The SMILES string of the molecule is CC(=O)CC(Cc1ccccc1)C(C)C. The number of hydrogen-bond donors (Lipinski definition) is 0. The summed E-state index contributed by atoms with van der Waals surface area (Å²) in [5, 5.41) is 0. The van der Waals surface area contributed by atoms with Crippen LogP contribution in [0.1, 0.15) is 32.8 Å². The highest BCUT2D eigenvalue weighted by molar-refractivity contribution is 5.75. The number of hydrogen-bond acceptors (Lipinski definition) is 1. The van der Waals surface area contributed by atoms with Crippen molar-refractivity contribution in [2.45, 2.75) is 33.6 Å². The molecule has 0 N–H and O–H groups in total. The van der Waals surface area contributed by atoms with Crippen LogP contribution in [0, 0.1) is 11.8 Å². The van der Waals surface area contributed by atoms with E-state index in [0.29, 0.717) is 24.0 Å². The van der Waals surface area contributed by atoms with Crippen LogP contribution in [0.3, 0.4) is 0 Å². The predicted octanol–water partition coefficient (Wildman–Crippen LogP) is 3.48. The Morgan fingerprint density at radius 2 is 1.80 bits per heavy atom. The van der Waals surface area contributed by atoms with Crippen molar-refractivity contribution in [2.24, 2.45) is 11.8 Å². The zero-order valence-electron chi connectivity index (χ0n) is 9.86. The number of carbonyl (C=O) groups excluding carboxylic acids is 1. The molecule has 0 aromatic heterocycles. The van der Waals surface area contributed by atoms with E-state index in [1.54, 1.807) is 6.92 Å². The minimum Gasteiger partial charge on any atom is -0.300 e. The molecule has 1 unspecified atom stereocenters. The molecule has 0 heterocycles. The number of rotatable bonds is 5. The lowest BCUT2D eigenvalue weighted by molar-refractivity contribution is -0.118. The minimum absolute atomic E-state index is 0.296. The highest BCUT2D eigenvalue weighted by Gasteiger charge is 2.15. The topological polar surface area (TPSA) is 17.1 Å². The van der Waals surface area contributed by atoms with Gasteiger partial charge >= 0.3 is 0 Å². The number of Topliss-reactive ketones (excluding diaryl/α,β-unsaturated/α-hetero) is 1. The third-order valence-corrected chi connectivity index (χ3v) is 2.83. The van der Waals surface area contributed by atoms with Gasteiger partial charge in [-0.1, -0.05) is 44.2 Å². The van der Waals surface area contributed by atoms with Gasteiger partial charge in [-0.15, -0.1) is 0 Å². The molecule has 0 aliphatic carbocycles. The van der Waals surface area contributed by atoms with Crippen molar-refractivity contribution in [1.82, 2.24) is 0 Å². The monoisotopic (exact) mass is 204 g/mol. The van der Waals surface area contributed by atoms with Gasteiger partial charge < -0.3 is 4.79 Å². The van der Waals surface area contributed by atoms with E-state index in [9.17, 15) is 4.79 Å². The van der Waals surface area contributed by atoms with Gasteiger partial charge in [0.15, 0.2) is 0 Å². The van der Waals surface area contributed by atoms with E-state index in [2.05, 4.69) is 38.1 Å². The lowest BCUT2D eigenvalue weighted by atomic mass is 9.85. The second-order valence-electron chi connectivity index (χ2n) is 4.60. The van der Waals surface area contributed by atoms with Gasteiger partial charge in [-0.3, -0.25) is 0 Å². The molecule has 0 saturated carbocycles. The molecular weight excluding hydrogens is 184 g/mol.